The average molecular weight is 353 g/mol. The Morgan fingerprint density at radius 3 is 2.72 bits per heavy atom. The Bertz CT molecular complexity index is 814. The van der Waals surface area contributed by atoms with Crippen LogP contribution in [0.15, 0.2) is 24.3 Å². The molecule has 0 aliphatic carbocycles. The average Bonchev–Trinajstić information content (AvgIpc) is 3.03. The molecule has 8 heteroatoms. The van der Waals surface area contributed by atoms with Gasteiger partial charge in [-0.1, -0.05) is 19.1 Å². The second-order valence-electron chi connectivity index (χ2n) is 6.17. The summed E-state index contributed by atoms with van der Waals surface area (Å²) in [6.07, 6.45) is -3.65. The molecule has 2 aromatic rings. The highest BCUT2D eigenvalue weighted by molar-refractivity contribution is 5.95. The highest BCUT2D eigenvalue weighted by Gasteiger charge is 2.35. The van der Waals surface area contributed by atoms with Gasteiger partial charge in [0.1, 0.15) is 11.4 Å². The van der Waals surface area contributed by atoms with Gasteiger partial charge in [-0.15, -0.1) is 0 Å². The number of anilines is 1. The van der Waals surface area contributed by atoms with Crippen LogP contribution in [0.25, 0.3) is 0 Å². The van der Waals surface area contributed by atoms with E-state index in [0.29, 0.717) is 23.6 Å². The molecule has 0 amide bonds. The summed E-state index contributed by atoms with van der Waals surface area (Å²) < 4.78 is 40.4. The summed E-state index contributed by atoms with van der Waals surface area (Å²) in [7, 11) is 0. The van der Waals surface area contributed by atoms with E-state index in [0.717, 1.165) is 18.6 Å². The van der Waals surface area contributed by atoms with Gasteiger partial charge in [0.2, 0.25) is 0 Å². The lowest BCUT2D eigenvalue weighted by atomic mass is 10.1. The number of aromatic nitrogens is 2. The van der Waals surface area contributed by atoms with E-state index in [4.69, 9.17) is 0 Å². The molecule has 1 aromatic heterocycles. The monoisotopic (exact) mass is 353 g/mol. The van der Waals surface area contributed by atoms with Gasteiger partial charge in [0.25, 0.3) is 0 Å². The molecule has 2 heterocycles. The van der Waals surface area contributed by atoms with E-state index >= 15 is 0 Å². The summed E-state index contributed by atoms with van der Waals surface area (Å²) in [6.45, 7) is 4.32. The molecule has 5 nitrogen and oxygen atoms in total. The van der Waals surface area contributed by atoms with E-state index in [1.807, 2.05) is 6.92 Å². The van der Waals surface area contributed by atoms with Crippen LogP contribution in [-0.4, -0.2) is 27.4 Å². The van der Waals surface area contributed by atoms with E-state index in [2.05, 4.69) is 5.10 Å². The van der Waals surface area contributed by atoms with E-state index in [-0.39, 0.29) is 18.2 Å². The second-order valence-corrected chi connectivity index (χ2v) is 6.17. The molecule has 1 N–H and O–H groups in total. The molecule has 0 bridgehead atoms. The van der Waals surface area contributed by atoms with Gasteiger partial charge >= 0.3 is 12.1 Å². The van der Waals surface area contributed by atoms with Crippen LogP contribution in [0.3, 0.4) is 0 Å². The predicted octanol–water partition coefficient (Wildman–Crippen LogP) is 3.88. The fraction of sp³-hybridized carbons (Fsp3) is 0.412. The van der Waals surface area contributed by atoms with Gasteiger partial charge in [0.05, 0.1) is 17.3 Å². The molecule has 1 aliphatic rings. The zero-order valence-corrected chi connectivity index (χ0v) is 13.8. The number of hydrogen-bond acceptors (Lipinski definition) is 3. The van der Waals surface area contributed by atoms with Crippen molar-refractivity contribution in [2.45, 2.75) is 39.0 Å². The number of aromatic carboxylic acids is 1. The number of hydrogen-bond donors (Lipinski definition) is 1. The third-order valence-electron chi connectivity index (χ3n) is 4.45. The third-order valence-corrected chi connectivity index (χ3v) is 4.45. The first-order valence-corrected chi connectivity index (χ1v) is 7.95. The molecular formula is C17H18F3N3O2. The van der Waals surface area contributed by atoms with Crippen LogP contribution >= 0.6 is 0 Å². The number of carboxylic acids is 1. The summed E-state index contributed by atoms with van der Waals surface area (Å²) in [5.74, 6) is -0.612. The Kier molecular flexibility index (Phi) is 4.22. The van der Waals surface area contributed by atoms with E-state index in [9.17, 15) is 23.1 Å². The van der Waals surface area contributed by atoms with Crippen LogP contribution in [0.1, 0.15) is 46.6 Å². The second kappa shape index (κ2) is 6.09. The minimum Gasteiger partial charge on any atom is -0.477 e. The fourth-order valence-corrected chi connectivity index (χ4v) is 3.27. The Morgan fingerprint density at radius 2 is 2.12 bits per heavy atom. The van der Waals surface area contributed by atoms with E-state index in [1.165, 1.54) is 6.07 Å². The minimum absolute atomic E-state index is 0.00704. The van der Waals surface area contributed by atoms with Crippen molar-refractivity contribution in [3.05, 3.63) is 46.6 Å². The van der Waals surface area contributed by atoms with E-state index in [1.54, 1.807) is 22.6 Å². The van der Waals surface area contributed by atoms with Crippen LogP contribution in [0.2, 0.25) is 0 Å². The Hall–Kier alpha value is -2.51. The molecule has 0 saturated carbocycles. The molecule has 0 spiro atoms. The predicted molar refractivity (Wildman–Crippen MR) is 85.7 cm³/mol. The maximum Gasteiger partial charge on any atom is 0.416 e. The number of fused-ring (bicyclic) bond motifs is 1. The number of alkyl halides is 3. The van der Waals surface area contributed by atoms with Crippen LogP contribution < -0.4 is 4.90 Å². The third kappa shape index (κ3) is 3.08. The van der Waals surface area contributed by atoms with Gasteiger partial charge in [-0.05, 0) is 31.0 Å². The van der Waals surface area contributed by atoms with Crippen LogP contribution in [-0.2, 0) is 12.7 Å². The van der Waals surface area contributed by atoms with E-state index < -0.39 is 17.7 Å². The summed E-state index contributed by atoms with van der Waals surface area (Å²) in [5, 5.41) is 13.8. The number of benzene rings is 1. The first kappa shape index (κ1) is 17.3. The van der Waals surface area contributed by atoms with Gasteiger partial charge in [-0.25, -0.2) is 9.48 Å². The lowest BCUT2D eigenvalue weighted by molar-refractivity contribution is -0.137. The van der Waals surface area contributed by atoms with Gasteiger partial charge in [0, 0.05) is 13.1 Å². The Balaban J connectivity index is 1.97. The molecule has 0 fully saturated rings. The lowest BCUT2D eigenvalue weighted by Crippen LogP contribution is -2.23. The maximum atomic E-state index is 12.9. The molecule has 0 saturated heterocycles. The zero-order valence-electron chi connectivity index (χ0n) is 13.8. The van der Waals surface area contributed by atoms with Gasteiger partial charge in [0.15, 0.2) is 0 Å². The summed E-state index contributed by atoms with van der Waals surface area (Å²) in [5.41, 5.74) is 0.297. The Labute approximate surface area is 142 Å². The van der Waals surface area contributed by atoms with Crippen LogP contribution in [0.4, 0.5) is 19.0 Å². The van der Waals surface area contributed by atoms with Crippen molar-refractivity contribution in [1.82, 2.24) is 9.78 Å². The normalized spacial score (nSPS) is 17.0. The van der Waals surface area contributed by atoms with Crippen molar-refractivity contribution in [1.29, 1.82) is 0 Å². The summed E-state index contributed by atoms with van der Waals surface area (Å²) in [4.78, 5) is 13.4. The van der Waals surface area contributed by atoms with Crippen molar-refractivity contribution < 1.29 is 23.1 Å². The number of halogens is 3. The summed E-state index contributed by atoms with van der Waals surface area (Å²) >= 11 is 0. The SMILES string of the molecule is CC[C@@H]1CN(Cc2cccc(C(F)(F)F)c2)c2c(C(=O)O)c(C)nn21. The quantitative estimate of drug-likeness (QED) is 0.906. The fourth-order valence-electron chi connectivity index (χ4n) is 3.27. The van der Waals surface area contributed by atoms with Crippen molar-refractivity contribution in [2.24, 2.45) is 0 Å². The van der Waals surface area contributed by atoms with Gasteiger partial charge < -0.3 is 10.0 Å². The molecule has 134 valence electrons. The van der Waals surface area contributed by atoms with Crippen molar-refractivity contribution in [2.75, 3.05) is 11.4 Å². The zero-order chi connectivity index (χ0) is 18.4. The smallest absolute Gasteiger partial charge is 0.416 e. The molecule has 1 atom stereocenters. The van der Waals surface area contributed by atoms with Gasteiger partial charge in [-0.2, -0.15) is 18.3 Å². The summed E-state index contributed by atoms with van der Waals surface area (Å²) in [6, 6.07) is 5.12. The number of carbonyl (C=O) groups is 1. The topological polar surface area (TPSA) is 58.4 Å². The van der Waals surface area contributed by atoms with Gasteiger partial charge in [-0.3, -0.25) is 0 Å². The van der Waals surface area contributed by atoms with Crippen molar-refractivity contribution >= 4 is 11.8 Å². The number of aryl methyl sites for hydroxylation is 1. The number of rotatable bonds is 4. The standard InChI is InChI=1S/C17H18F3N3O2/c1-3-13-9-22(15-14(16(24)25)10(2)21-23(13)15)8-11-5-4-6-12(7-11)17(18,19)20/h4-7,13H,3,8-9H2,1-2H3,(H,24,25)/t13-/m1/s1. The highest BCUT2D eigenvalue weighted by atomic mass is 19.4. The molecule has 1 aliphatic heterocycles. The van der Waals surface area contributed by atoms with Crippen LogP contribution in [0.5, 0.6) is 0 Å². The minimum atomic E-state index is -4.41. The first-order valence-electron chi connectivity index (χ1n) is 7.95. The van der Waals surface area contributed by atoms with Crippen LogP contribution in [0, 0.1) is 6.92 Å². The number of carboxylic acid groups (broad SMARTS) is 1. The first-order chi connectivity index (χ1) is 11.7. The largest absolute Gasteiger partial charge is 0.477 e. The number of nitrogens with zero attached hydrogens (tertiary/aromatic N) is 3. The molecular weight excluding hydrogens is 335 g/mol. The highest BCUT2D eigenvalue weighted by Crippen LogP contribution is 2.37. The molecule has 0 unspecified atom stereocenters. The maximum absolute atomic E-state index is 12.9. The molecule has 3 rings (SSSR count). The van der Waals surface area contributed by atoms with Crippen molar-refractivity contribution in [3.63, 3.8) is 0 Å². The molecule has 25 heavy (non-hydrogen) atoms. The molecule has 1 aromatic carbocycles. The molecule has 0 radical (unpaired) electrons. The Morgan fingerprint density at radius 1 is 1.40 bits per heavy atom. The van der Waals surface area contributed by atoms with Crippen molar-refractivity contribution in [3.8, 4) is 0 Å². The lowest BCUT2D eigenvalue weighted by Gasteiger charge is -2.19.